The third-order valence-electron chi connectivity index (χ3n) is 1.92. The molecule has 0 spiro atoms. The Hall–Kier alpha value is -0.650. The Balaban J connectivity index is 2.71. The summed E-state index contributed by atoms with van der Waals surface area (Å²) in [6.07, 6.45) is 0. The van der Waals surface area contributed by atoms with E-state index in [0.29, 0.717) is 6.04 Å². The molecule has 3 nitrogen and oxygen atoms in total. The predicted molar refractivity (Wildman–Crippen MR) is 60.6 cm³/mol. The Morgan fingerprint density at radius 2 is 2.15 bits per heavy atom. The third-order valence-corrected chi connectivity index (χ3v) is 2.59. The summed E-state index contributed by atoms with van der Waals surface area (Å²) in [5, 5.41) is 8.19. The van der Waals surface area contributed by atoms with Crippen LogP contribution in [0.5, 0.6) is 0 Å². The highest BCUT2D eigenvalue weighted by molar-refractivity contribution is 14.1. The second kappa shape index (κ2) is 3.25. The van der Waals surface area contributed by atoms with Crippen molar-refractivity contribution in [1.82, 2.24) is 15.0 Å². The molecule has 0 aliphatic heterocycles. The quantitative estimate of drug-likeness (QED) is 0.755. The maximum atomic E-state index is 4.10. The lowest BCUT2D eigenvalue weighted by Gasteiger charge is -2.04. The van der Waals surface area contributed by atoms with Crippen LogP contribution in [0, 0.1) is 3.57 Å². The van der Waals surface area contributed by atoms with Crippen molar-refractivity contribution < 1.29 is 0 Å². The van der Waals surface area contributed by atoms with Gasteiger partial charge in [-0.15, -0.1) is 5.10 Å². The van der Waals surface area contributed by atoms with Gasteiger partial charge in [0.1, 0.15) is 5.52 Å². The van der Waals surface area contributed by atoms with Gasteiger partial charge in [0.05, 0.1) is 5.52 Å². The number of fused-ring (bicyclic) bond motifs is 1. The lowest BCUT2D eigenvalue weighted by molar-refractivity contribution is 0.530. The molecule has 0 unspecified atom stereocenters. The van der Waals surface area contributed by atoms with E-state index in [2.05, 4.69) is 52.8 Å². The van der Waals surface area contributed by atoms with Gasteiger partial charge in [-0.25, -0.2) is 4.68 Å². The fourth-order valence-corrected chi connectivity index (χ4v) is 1.77. The van der Waals surface area contributed by atoms with E-state index < -0.39 is 0 Å². The first-order chi connectivity index (χ1) is 6.18. The number of halogens is 1. The summed E-state index contributed by atoms with van der Waals surface area (Å²) in [5.41, 5.74) is 2.08. The molecule has 2 aromatic rings. The fraction of sp³-hybridized carbons (Fsp3) is 0.333. The van der Waals surface area contributed by atoms with Crippen LogP contribution < -0.4 is 0 Å². The largest absolute Gasteiger partial charge is 0.242 e. The molecular formula is C9H10IN3. The Labute approximate surface area is 90.3 Å². The van der Waals surface area contributed by atoms with Crippen LogP contribution in [-0.4, -0.2) is 15.0 Å². The molecule has 68 valence electrons. The van der Waals surface area contributed by atoms with Gasteiger partial charge in [0, 0.05) is 9.61 Å². The summed E-state index contributed by atoms with van der Waals surface area (Å²) >= 11 is 2.30. The molecule has 1 heterocycles. The van der Waals surface area contributed by atoms with Crippen molar-refractivity contribution >= 4 is 33.6 Å². The second-order valence-electron chi connectivity index (χ2n) is 3.26. The van der Waals surface area contributed by atoms with Gasteiger partial charge in [-0.1, -0.05) is 5.21 Å². The van der Waals surface area contributed by atoms with Crippen LogP contribution in [0.3, 0.4) is 0 Å². The molecule has 0 radical (unpaired) electrons. The number of hydrogen-bond donors (Lipinski definition) is 0. The summed E-state index contributed by atoms with van der Waals surface area (Å²) in [4.78, 5) is 0. The maximum Gasteiger partial charge on any atom is 0.113 e. The van der Waals surface area contributed by atoms with E-state index in [9.17, 15) is 0 Å². The summed E-state index contributed by atoms with van der Waals surface area (Å²) < 4.78 is 3.16. The molecule has 2 rings (SSSR count). The van der Waals surface area contributed by atoms with Crippen LogP contribution in [-0.2, 0) is 0 Å². The lowest BCUT2D eigenvalue weighted by Crippen LogP contribution is -2.02. The number of aromatic nitrogens is 3. The summed E-state index contributed by atoms with van der Waals surface area (Å²) in [6.45, 7) is 4.21. The van der Waals surface area contributed by atoms with Crippen molar-refractivity contribution in [3.63, 3.8) is 0 Å². The lowest BCUT2D eigenvalue weighted by atomic mass is 10.3. The zero-order valence-corrected chi connectivity index (χ0v) is 9.69. The maximum absolute atomic E-state index is 4.10. The van der Waals surface area contributed by atoms with Crippen molar-refractivity contribution in [2.45, 2.75) is 19.9 Å². The van der Waals surface area contributed by atoms with Gasteiger partial charge in [0.25, 0.3) is 0 Å². The van der Waals surface area contributed by atoms with Gasteiger partial charge in [0.2, 0.25) is 0 Å². The molecule has 0 atom stereocenters. The van der Waals surface area contributed by atoms with Gasteiger partial charge in [0.15, 0.2) is 0 Å². The molecule has 0 fully saturated rings. The summed E-state index contributed by atoms with van der Waals surface area (Å²) in [5.74, 6) is 0. The highest BCUT2D eigenvalue weighted by Crippen LogP contribution is 2.17. The van der Waals surface area contributed by atoms with Gasteiger partial charge in [-0.3, -0.25) is 0 Å². The second-order valence-corrected chi connectivity index (χ2v) is 4.51. The molecule has 0 aliphatic carbocycles. The van der Waals surface area contributed by atoms with Crippen molar-refractivity contribution in [2.75, 3.05) is 0 Å². The molecule has 0 N–H and O–H groups in total. The SMILES string of the molecule is CC(C)n1nnc2ccc(I)cc21. The van der Waals surface area contributed by atoms with E-state index in [-0.39, 0.29) is 0 Å². The fourth-order valence-electron chi connectivity index (χ4n) is 1.29. The van der Waals surface area contributed by atoms with Crippen molar-refractivity contribution in [3.8, 4) is 0 Å². The topological polar surface area (TPSA) is 30.7 Å². The van der Waals surface area contributed by atoms with E-state index in [1.807, 2.05) is 16.8 Å². The zero-order chi connectivity index (χ0) is 9.42. The van der Waals surface area contributed by atoms with E-state index in [0.717, 1.165) is 11.0 Å². The highest BCUT2D eigenvalue weighted by Gasteiger charge is 2.06. The van der Waals surface area contributed by atoms with Gasteiger partial charge >= 0.3 is 0 Å². The first-order valence-corrected chi connectivity index (χ1v) is 5.27. The number of benzene rings is 1. The smallest absolute Gasteiger partial charge is 0.113 e. The number of nitrogens with zero attached hydrogens (tertiary/aromatic N) is 3. The molecule has 0 saturated carbocycles. The molecule has 13 heavy (non-hydrogen) atoms. The van der Waals surface area contributed by atoms with Crippen LogP contribution in [0.25, 0.3) is 11.0 Å². The minimum absolute atomic E-state index is 0.364. The Morgan fingerprint density at radius 3 is 2.85 bits per heavy atom. The Kier molecular flexibility index (Phi) is 2.23. The molecule has 0 aliphatic rings. The highest BCUT2D eigenvalue weighted by atomic mass is 127. The van der Waals surface area contributed by atoms with Crippen molar-refractivity contribution in [1.29, 1.82) is 0 Å². The first kappa shape index (κ1) is 8.93. The monoisotopic (exact) mass is 287 g/mol. The molecule has 4 heteroatoms. The number of rotatable bonds is 1. The molecule has 1 aromatic carbocycles. The van der Waals surface area contributed by atoms with E-state index in [1.54, 1.807) is 0 Å². The Bertz CT molecular complexity index is 433. The zero-order valence-electron chi connectivity index (χ0n) is 7.53. The minimum Gasteiger partial charge on any atom is -0.242 e. The molecule has 1 aromatic heterocycles. The standard InChI is InChI=1S/C9H10IN3/c1-6(2)13-9-5-7(10)3-4-8(9)11-12-13/h3-6H,1-2H3. The van der Waals surface area contributed by atoms with Crippen LogP contribution in [0.15, 0.2) is 18.2 Å². The van der Waals surface area contributed by atoms with Gasteiger partial charge < -0.3 is 0 Å². The van der Waals surface area contributed by atoms with E-state index in [1.165, 1.54) is 3.57 Å². The Morgan fingerprint density at radius 1 is 1.38 bits per heavy atom. The average molecular weight is 287 g/mol. The van der Waals surface area contributed by atoms with Crippen molar-refractivity contribution in [2.24, 2.45) is 0 Å². The molecule has 0 bridgehead atoms. The number of hydrogen-bond acceptors (Lipinski definition) is 2. The molecule has 0 saturated heterocycles. The van der Waals surface area contributed by atoms with E-state index in [4.69, 9.17) is 0 Å². The normalized spacial score (nSPS) is 11.4. The third kappa shape index (κ3) is 1.54. The van der Waals surface area contributed by atoms with Gasteiger partial charge in [-0.05, 0) is 54.6 Å². The molecule has 0 amide bonds. The van der Waals surface area contributed by atoms with Gasteiger partial charge in [-0.2, -0.15) is 0 Å². The predicted octanol–water partition coefficient (Wildman–Crippen LogP) is 2.62. The van der Waals surface area contributed by atoms with Crippen LogP contribution in [0.1, 0.15) is 19.9 Å². The average Bonchev–Trinajstić information content (AvgIpc) is 2.46. The molecular weight excluding hydrogens is 277 g/mol. The van der Waals surface area contributed by atoms with Crippen LogP contribution in [0.4, 0.5) is 0 Å². The minimum atomic E-state index is 0.364. The summed E-state index contributed by atoms with van der Waals surface area (Å²) in [6, 6.07) is 6.52. The first-order valence-electron chi connectivity index (χ1n) is 4.19. The summed E-state index contributed by atoms with van der Waals surface area (Å²) in [7, 11) is 0. The van der Waals surface area contributed by atoms with Crippen molar-refractivity contribution in [3.05, 3.63) is 21.8 Å². The van der Waals surface area contributed by atoms with E-state index >= 15 is 0 Å². The van der Waals surface area contributed by atoms with Crippen LogP contribution >= 0.6 is 22.6 Å². The van der Waals surface area contributed by atoms with Crippen LogP contribution in [0.2, 0.25) is 0 Å².